The molecule has 1 rings (SSSR count). The summed E-state index contributed by atoms with van der Waals surface area (Å²) < 4.78 is 4.88. The van der Waals surface area contributed by atoms with Crippen LogP contribution < -0.4 is 5.32 Å². The summed E-state index contributed by atoms with van der Waals surface area (Å²) >= 11 is 0. The fourth-order valence-electron chi connectivity index (χ4n) is 0.841. The lowest BCUT2D eigenvalue weighted by atomic mass is 9.96. The molecule has 3 heteroatoms. The van der Waals surface area contributed by atoms with Gasteiger partial charge in [0, 0.05) is 17.5 Å². The summed E-state index contributed by atoms with van der Waals surface area (Å²) in [5.41, 5.74) is 0.654. The lowest BCUT2D eigenvalue weighted by molar-refractivity contribution is -0.128. The van der Waals surface area contributed by atoms with E-state index in [9.17, 15) is 4.79 Å². The zero-order chi connectivity index (χ0) is 9.90. The van der Waals surface area contributed by atoms with Crippen molar-refractivity contribution in [2.24, 2.45) is 5.41 Å². The third-order valence-electron chi connectivity index (χ3n) is 1.71. The largest absolute Gasteiger partial charge is 0.472 e. The first-order valence-corrected chi connectivity index (χ1v) is 4.29. The summed E-state index contributed by atoms with van der Waals surface area (Å²) in [5.74, 6) is 0.0497. The van der Waals surface area contributed by atoms with Crippen LogP contribution in [0.25, 0.3) is 0 Å². The molecule has 1 aromatic rings. The van der Waals surface area contributed by atoms with E-state index in [1.807, 2.05) is 26.8 Å². The molecular formula is C10H15NO2. The van der Waals surface area contributed by atoms with Crippen molar-refractivity contribution >= 4 is 5.91 Å². The van der Waals surface area contributed by atoms with Crippen molar-refractivity contribution < 1.29 is 9.21 Å². The SMILES string of the molecule is CC(C)(C)C(=O)NCc1ccoc1. The first-order valence-electron chi connectivity index (χ1n) is 4.29. The standard InChI is InChI=1S/C10H15NO2/c1-10(2,3)9(12)11-6-8-4-5-13-7-8/h4-5,7H,6H2,1-3H3,(H,11,12). The molecule has 0 radical (unpaired) electrons. The van der Waals surface area contributed by atoms with Crippen LogP contribution in [0.15, 0.2) is 23.0 Å². The summed E-state index contributed by atoms with van der Waals surface area (Å²) in [6.07, 6.45) is 3.22. The highest BCUT2D eigenvalue weighted by molar-refractivity contribution is 5.81. The minimum atomic E-state index is -0.330. The van der Waals surface area contributed by atoms with Gasteiger partial charge in [0.2, 0.25) is 5.91 Å². The van der Waals surface area contributed by atoms with Crippen LogP contribution in [0.4, 0.5) is 0 Å². The van der Waals surface area contributed by atoms with Crippen LogP contribution in [0.1, 0.15) is 26.3 Å². The maximum absolute atomic E-state index is 11.4. The highest BCUT2D eigenvalue weighted by Gasteiger charge is 2.20. The smallest absolute Gasteiger partial charge is 0.225 e. The van der Waals surface area contributed by atoms with Crippen LogP contribution in [-0.2, 0) is 11.3 Å². The van der Waals surface area contributed by atoms with Crippen molar-refractivity contribution in [1.29, 1.82) is 0 Å². The number of hydrogen-bond donors (Lipinski definition) is 1. The quantitative estimate of drug-likeness (QED) is 0.757. The molecule has 0 saturated heterocycles. The molecule has 1 amide bonds. The lowest BCUT2D eigenvalue weighted by Crippen LogP contribution is -2.34. The number of carbonyl (C=O) groups is 1. The number of furan rings is 1. The minimum absolute atomic E-state index is 0.0497. The molecule has 0 aliphatic rings. The summed E-state index contributed by atoms with van der Waals surface area (Å²) in [4.78, 5) is 11.4. The molecule has 0 saturated carbocycles. The summed E-state index contributed by atoms with van der Waals surface area (Å²) in [6.45, 7) is 6.19. The van der Waals surface area contributed by atoms with Crippen LogP contribution in [-0.4, -0.2) is 5.91 Å². The Balaban J connectivity index is 2.40. The third-order valence-corrected chi connectivity index (χ3v) is 1.71. The lowest BCUT2D eigenvalue weighted by Gasteiger charge is -2.16. The molecule has 3 nitrogen and oxygen atoms in total. The molecule has 13 heavy (non-hydrogen) atoms. The summed E-state index contributed by atoms with van der Waals surface area (Å²) in [7, 11) is 0. The first-order chi connectivity index (χ1) is 6.00. The van der Waals surface area contributed by atoms with E-state index in [4.69, 9.17) is 4.42 Å². The Morgan fingerprint density at radius 2 is 2.23 bits per heavy atom. The van der Waals surface area contributed by atoms with E-state index in [0.29, 0.717) is 6.54 Å². The molecule has 0 fully saturated rings. The van der Waals surface area contributed by atoms with Crippen molar-refractivity contribution in [1.82, 2.24) is 5.32 Å². The van der Waals surface area contributed by atoms with E-state index >= 15 is 0 Å². The van der Waals surface area contributed by atoms with Gasteiger partial charge in [-0.3, -0.25) is 4.79 Å². The average Bonchev–Trinajstić information content (AvgIpc) is 2.50. The Kier molecular flexibility index (Phi) is 2.76. The van der Waals surface area contributed by atoms with Gasteiger partial charge in [0.25, 0.3) is 0 Å². The van der Waals surface area contributed by atoms with Gasteiger partial charge in [-0.25, -0.2) is 0 Å². The third kappa shape index (κ3) is 2.93. The van der Waals surface area contributed by atoms with Gasteiger partial charge in [-0.15, -0.1) is 0 Å². The monoisotopic (exact) mass is 181 g/mol. The van der Waals surface area contributed by atoms with Gasteiger partial charge in [0.05, 0.1) is 12.5 Å². The molecule has 0 spiro atoms. The molecule has 0 bridgehead atoms. The van der Waals surface area contributed by atoms with E-state index in [0.717, 1.165) is 5.56 Å². The van der Waals surface area contributed by atoms with E-state index in [1.54, 1.807) is 12.5 Å². The van der Waals surface area contributed by atoms with Gasteiger partial charge in [0.1, 0.15) is 0 Å². The van der Waals surface area contributed by atoms with Crippen molar-refractivity contribution in [3.05, 3.63) is 24.2 Å². The minimum Gasteiger partial charge on any atom is -0.472 e. The van der Waals surface area contributed by atoms with Gasteiger partial charge in [-0.2, -0.15) is 0 Å². The number of nitrogens with one attached hydrogen (secondary N) is 1. The van der Waals surface area contributed by atoms with Crippen molar-refractivity contribution in [2.75, 3.05) is 0 Å². The predicted octanol–water partition coefficient (Wildman–Crippen LogP) is 1.94. The van der Waals surface area contributed by atoms with E-state index in [-0.39, 0.29) is 11.3 Å². The topological polar surface area (TPSA) is 42.2 Å². The molecule has 1 heterocycles. The van der Waals surface area contributed by atoms with Crippen molar-refractivity contribution in [3.8, 4) is 0 Å². The van der Waals surface area contributed by atoms with Crippen LogP contribution in [0.2, 0.25) is 0 Å². The highest BCUT2D eigenvalue weighted by Crippen LogP contribution is 2.12. The summed E-state index contributed by atoms with van der Waals surface area (Å²) in [6, 6.07) is 1.84. The Hall–Kier alpha value is -1.25. The zero-order valence-corrected chi connectivity index (χ0v) is 8.26. The molecule has 0 aliphatic carbocycles. The van der Waals surface area contributed by atoms with Gasteiger partial charge >= 0.3 is 0 Å². The second kappa shape index (κ2) is 3.64. The van der Waals surface area contributed by atoms with E-state index in [2.05, 4.69) is 5.32 Å². The second-order valence-corrected chi connectivity index (χ2v) is 4.06. The Morgan fingerprint density at radius 3 is 2.69 bits per heavy atom. The zero-order valence-electron chi connectivity index (χ0n) is 8.26. The maximum atomic E-state index is 11.4. The number of carbonyl (C=O) groups excluding carboxylic acids is 1. The first kappa shape index (κ1) is 9.84. The Bertz CT molecular complexity index is 270. The van der Waals surface area contributed by atoms with Crippen LogP contribution >= 0.6 is 0 Å². The molecular weight excluding hydrogens is 166 g/mol. The molecule has 0 aromatic carbocycles. The normalized spacial score (nSPS) is 11.3. The molecule has 72 valence electrons. The molecule has 0 unspecified atom stereocenters. The van der Waals surface area contributed by atoms with Crippen molar-refractivity contribution in [3.63, 3.8) is 0 Å². The second-order valence-electron chi connectivity index (χ2n) is 4.06. The Labute approximate surface area is 78.1 Å². The van der Waals surface area contributed by atoms with Crippen molar-refractivity contribution in [2.45, 2.75) is 27.3 Å². The van der Waals surface area contributed by atoms with Gasteiger partial charge in [-0.1, -0.05) is 20.8 Å². The van der Waals surface area contributed by atoms with E-state index < -0.39 is 0 Å². The molecule has 1 N–H and O–H groups in total. The summed E-state index contributed by atoms with van der Waals surface area (Å²) in [5, 5.41) is 2.83. The number of hydrogen-bond acceptors (Lipinski definition) is 2. The fraction of sp³-hybridized carbons (Fsp3) is 0.500. The molecule has 0 atom stereocenters. The van der Waals surface area contributed by atoms with Gasteiger partial charge in [-0.05, 0) is 6.07 Å². The van der Waals surface area contributed by atoms with Crippen LogP contribution in [0.5, 0.6) is 0 Å². The van der Waals surface area contributed by atoms with E-state index in [1.165, 1.54) is 0 Å². The maximum Gasteiger partial charge on any atom is 0.225 e. The van der Waals surface area contributed by atoms with Crippen LogP contribution in [0, 0.1) is 5.41 Å². The molecule has 0 aliphatic heterocycles. The average molecular weight is 181 g/mol. The molecule has 1 aromatic heterocycles. The number of amides is 1. The van der Waals surface area contributed by atoms with Gasteiger partial charge in [0.15, 0.2) is 0 Å². The predicted molar refractivity (Wildman–Crippen MR) is 50.0 cm³/mol. The van der Waals surface area contributed by atoms with Gasteiger partial charge < -0.3 is 9.73 Å². The van der Waals surface area contributed by atoms with Crippen LogP contribution in [0.3, 0.4) is 0 Å². The fourth-order valence-corrected chi connectivity index (χ4v) is 0.841. The number of rotatable bonds is 2. The highest BCUT2D eigenvalue weighted by atomic mass is 16.3. The Morgan fingerprint density at radius 1 is 1.54 bits per heavy atom.